The zero-order valence-corrected chi connectivity index (χ0v) is 15.9. The molecular formula is C20H22N6O4. The van der Waals surface area contributed by atoms with Crippen LogP contribution in [0.3, 0.4) is 0 Å². The predicted molar refractivity (Wildman–Crippen MR) is 111 cm³/mol. The lowest BCUT2D eigenvalue weighted by atomic mass is 10.1. The molecule has 4 aromatic rings. The van der Waals surface area contributed by atoms with Gasteiger partial charge in [0, 0.05) is 48.4 Å². The summed E-state index contributed by atoms with van der Waals surface area (Å²) in [4.78, 5) is 35.4. The number of carboxylic acid groups (broad SMARTS) is 2. The van der Waals surface area contributed by atoms with Crippen molar-refractivity contribution in [3.05, 3.63) is 60.2 Å². The van der Waals surface area contributed by atoms with E-state index < -0.39 is 24.0 Å². The molecule has 8 N–H and O–H groups in total. The molecule has 10 nitrogen and oxygen atoms in total. The van der Waals surface area contributed by atoms with Gasteiger partial charge in [0.25, 0.3) is 0 Å². The molecule has 0 unspecified atom stereocenters. The number of rotatable bonds is 6. The summed E-state index contributed by atoms with van der Waals surface area (Å²) in [6.45, 7) is 0. The number of H-pyrrole nitrogens is 2. The van der Waals surface area contributed by atoms with Crippen molar-refractivity contribution in [1.82, 2.24) is 19.9 Å². The molecule has 156 valence electrons. The summed E-state index contributed by atoms with van der Waals surface area (Å²) in [5, 5.41) is 19.3. The second-order valence-corrected chi connectivity index (χ2v) is 6.72. The maximum Gasteiger partial charge on any atom is 0.320 e. The van der Waals surface area contributed by atoms with Crippen LogP contribution < -0.4 is 11.5 Å². The third kappa shape index (κ3) is 4.80. The molecule has 4 rings (SSSR count). The van der Waals surface area contributed by atoms with Crippen LogP contribution in [-0.4, -0.2) is 54.2 Å². The van der Waals surface area contributed by atoms with Crippen LogP contribution in [0.25, 0.3) is 22.1 Å². The molecule has 0 aliphatic rings. The normalized spacial score (nSPS) is 12.9. The number of aromatic nitrogens is 4. The number of nitrogens with one attached hydrogen (secondary N) is 2. The average molecular weight is 410 g/mol. The Morgan fingerprint density at radius 2 is 1.23 bits per heavy atom. The second kappa shape index (κ2) is 9.16. The number of pyridine rings is 2. The van der Waals surface area contributed by atoms with E-state index in [2.05, 4.69) is 19.9 Å². The molecule has 0 fully saturated rings. The minimum absolute atomic E-state index is 0.307. The van der Waals surface area contributed by atoms with Crippen LogP contribution in [0.5, 0.6) is 0 Å². The monoisotopic (exact) mass is 410 g/mol. The third-order valence-corrected chi connectivity index (χ3v) is 4.59. The number of aromatic amines is 2. The molecule has 0 amide bonds. The Labute approximate surface area is 170 Å². The Kier molecular flexibility index (Phi) is 6.40. The van der Waals surface area contributed by atoms with Gasteiger partial charge in [-0.15, -0.1) is 0 Å². The van der Waals surface area contributed by atoms with Crippen LogP contribution in [0.2, 0.25) is 0 Å². The Bertz CT molecular complexity index is 1080. The molecule has 0 spiro atoms. The third-order valence-electron chi connectivity index (χ3n) is 4.59. The van der Waals surface area contributed by atoms with Crippen molar-refractivity contribution in [3.8, 4) is 0 Å². The average Bonchev–Trinajstić information content (AvgIpc) is 3.33. The summed E-state index contributed by atoms with van der Waals surface area (Å²) in [6.07, 6.45) is 7.47. The molecule has 4 heterocycles. The van der Waals surface area contributed by atoms with Crippen LogP contribution in [0, 0.1) is 0 Å². The largest absolute Gasteiger partial charge is 0.480 e. The molecule has 4 aromatic heterocycles. The number of carboxylic acids is 2. The van der Waals surface area contributed by atoms with Crippen molar-refractivity contribution < 1.29 is 19.8 Å². The van der Waals surface area contributed by atoms with Crippen molar-refractivity contribution >= 4 is 34.0 Å². The molecule has 0 aromatic carbocycles. The first-order chi connectivity index (χ1) is 14.4. The number of nitrogens with two attached hydrogens (primary N) is 2. The van der Waals surface area contributed by atoms with Crippen LogP contribution in [0.1, 0.15) is 11.1 Å². The van der Waals surface area contributed by atoms with E-state index in [9.17, 15) is 9.59 Å². The summed E-state index contributed by atoms with van der Waals surface area (Å²) in [6, 6.07) is 5.66. The Hall–Kier alpha value is -3.76. The van der Waals surface area contributed by atoms with E-state index in [0.717, 1.165) is 33.2 Å². The molecule has 30 heavy (non-hydrogen) atoms. The zero-order chi connectivity index (χ0) is 21.7. The molecule has 0 saturated heterocycles. The first-order valence-electron chi connectivity index (χ1n) is 9.15. The van der Waals surface area contributed by atoms with Crippen molar-refractivity contribution in [2.45, 2.75) is 24.9 Å². The van der Waals surface area contributed by atoms with Gasteiger partial charge in [-0.25, -0.2) is 9.97 Å². The lowest BCUT2D eigenvalue weighted by molar-refractivity contribution is -0.139. The molecule has 0 saturated carbocycles. The van der Waals surface area contributed by atoms with E-state index in [0.29, 0.717) is 12.8 Å². The number of carbonyl (C=O) groups is 2. The molecular weight excluding hydrogens is 388 g/mol. The SMILES string of the molecule is N[C@@H](Cc1c[nH]c2ncccc12)C(=O)O.N[C@@H](Cc1c[nH]c2ncccc12)C(=O)O. The van der Waals surface area contributed by atoms with Gasteiger partial charge in [-0.3, -0.25) is 9.59 Å². The van der Waals surface area contributed by atoms with Gasteiger partial charge in [-0.2, -0.15) is 0 Å². The summed E-state index contributed by atoms with van der Waals surface area (Å²) in [5.74, 6) is -1.98. The van der Waals surface area contributed by atoms with Crippen molar-refractivity contribution in [2.24, 2.45) is 11.5 Å². The van der Waals surface area contributed by atoms with Crippen LogP contribution in [0.4, 0.5) is 0 Å². The van der Waals surface area contributed by atoms with Gasteiger partial charge in [0.2, 0.25) is 0 Å². The standard InChI is InChI=1S/2C10H11N3O2/c2*11-8(10(14)15)4-6-5-13-9-7(6)2-1-3-12-9/h2*1-3,5,8H,4,11H2,(H,12,13)(H,14,15)/t2*8-/m00/s1. The molecule has 10 heteroatoms. The Balaban J connectivity index is 0.000000171. The van der Waals surface area contributed by atoms with E-state index >= 15 is 0 Å². The molecule has 0 aliphatic heterocycles. The van der Waals surface area contributed by atoms with Crippen molar-refractivity contribution in [2.75, 3.05) is 0 Å². The maximum atomic E-state index is 10.6. The number of hydrogen-bond donors (Lipinski definition) is 6. The van der Waals surface area contributed by atoms with E-state index in [1.807, 2.05) is 24.3 Å². The van der Waals surface area contributed by atoms with Gasteiger partial charge in [0.15, 0.2) is 0 Å². The summed E-state index contributed by atoms with van der Waals surface area (Å²) >= 11 is 0. The number of fused-ring (bicyclic) bond motifs is 2. The van der Waals surface area contributed by atoms with Crippen molar-refractivity contribution in [1.29, 1.82) is 0 Å². The highest BCUT2D eigenvalue weighted by Gasteiger charge is 2.15. The fourth-order valence-corrected chi connectivity index (χ4v) is 3.01. The topological polar surface area (TPSA) is 184 Å². The Morgan fingerprint density at radius 3 is 1.60 bits per heavy atom. The Morgan fingerprint density at radius 1 is 0.833 bits per heavy atom. The lowest BCUT2D eigenvalue weighted by Crippen LogP contribution is -2.32. The summed E-state index contributed by atoms with van der Waals surface area (Å²) < 4.78 is 0. The van der Waals surface area contributed by atoms with E-state index in [1.54, 1.807) is 24.8 Å². The van der Waals surface area contributed by atoms with Gasteiger partial charge >= 0.3 is 11.9 Å². The highest BCUT2D eigenvalue weighted by atomic mass is 16.4. The fraction of sp³-hybridized carbons (Fsp3) is 0.200. The van der Waals surface area contributed by atoms with Crippen LogP contribution >= 0.6 is 0 Å². The highest BCUT2D eigenvalue weighted by Crippen LogP contribution is 2.17. The van der Waals surface area contributed by atoms with E-state index in [4.69, 9.17) is 21.7 Å². The second-order valence-electron chi connectivity index (χ2n) is 6.72. The van der Waals surface area contributed by atoms with Crippen molar-refractivity contribution in [3.63, 3.8) is 0 Å². The first-order valence-corrected chi connectivity index (χ1v) is 9.15. The number of aliphatic carboxylic acids is 2. The minimum atomic E-state index is -0.992. The maximum absolute atomic E-state index is 10.6. The van der Waals surface area contributed by atoms with E-state index in [-0.39, 0.29) is 0 Å². The summed E-state index contributed by atoms with van der Waals surface area (Å²) in [5.41, 5.74) is 14.2. The fourth-order valence-electron chi connectivity index (χ4n) is 3.01. The molecule has 0 radical (unpaired) electrons. The van der Waals surface area contributed by atoms with Gasteiger partial charge in [0.05, 0.1) is 0 Å². The van der Waals surface area contributed by atoms with Gasteiger partial charge in [-0.05, 0) is 35.4 Å². The van der Waals surface area contributed by atoms with Gasteiger partial charge in [-0.1, -0.05) is 0 Å². The molecule has 2 atom stereocenters. The van der Waals surface area contributed by atoms with E-state index in [1.165, 1.54) is 0 Å². The smallest absolute Gasteiger partial charge is 0.320 e. The van der Waals surface area contributed by atoms with Gasteiger partial charge in [0.1, 0.15) is 23.4 Å². The first kappa shape index (κ1) is 21.0. The molecule has 0 bridgehead atoms. The quantitative estimate of drug-likeness (QED) is 0.272. The minimum Gasteiger partial charge on any atom is -0.480 e. The zero-order valence-electron chi connectivity index (χ0n) is 15.9. The number of nitrogens with zero attached hydrogens (tertiary/aromatic N) is 2. The lowest BCUT2D eigenvalue weighted by Gasteiger charge is -2.04. The highest BCUT2D eigenvalue weighted by molar-refractivity contribution is 5.82. The van der Waals surface area contributed by atoms with Gasteiger partial charge < -0.3 is 31.6 Å². The van der Waals surface area contributed by atoms with Crippen LogP contribution in [0.15, 0.2) is 49.1 Å². The molecule has 0 aliphatic carbocycles. The summed E-state index contributed by atoms with van der Waals surface area (Å²) in [7, 11) is 0. The van der Waals surface area contributed by atoms with Crippen LogP contribution in [-0.2, 0) is 22.4 Å². The number of hydrogen-bond acceptors (Lipinski definition) is 6. The predicted octanol–water partition coefficient (Wildman–Crippen LogP) is 1.03.